The van der Waals surface area contributed by atoms with Gasteiger partial charge in [0.05, 0.1) is 11.1 Å². The molecule has 6 heteroatoms. The molecule has 0 saturated carbocycles. The van der Waals surface area contributed by atoms with Crippen molar-refractivity contribution < 1.29 is 14.3 Å². The lowest BCUT2D eigenvalue weighted by atomic mass is 10.1. The average Bonchev–Trinajstić information content (AvgIpc) is 2.43. The molecule has 0 fully saturated rings. The summed E-state index contributed by atoms with van der Waals surface area (Å²) in [5.74, 6) is -0.545. The second-order valence-electron chi connectivity index (χ2n) is 4.51. The Kier molecular flexibility index (Phi) is 4.77. The van der Waals surface area contributed by atoms with E-state index in [2.05, 4.69) is 10.6 Å². The summed E-state index contributed by atoms with van der Waals surface area (Å²) in [6, 6.07) is 10.2. The molecule has 0 aliphatic rings. The highest BCUT2D eigenvalue weighted by Crippen LogP contribution is 2.20. The van der Waals surface area contributed by atoms with E-state index in [0.717, 1.165) is 5.56 Å². The molecule has 0 bridgehead atoms. The van der Waals surface area contributed by atoms with Crippen molar-refractivity contribution in [1.29, 1.82) is 0 Å². The van der Waals surface area contributed by atoms with E-state index in [9.17, 15) is 14.3 Å². The summed E-state index contributed by atoms with van der Waals surface area (Å²) >= 11 is 5.63. The quantitative estimate of drug-likeness (QED) is 0.796. The molecule has 0 radical (unpaired) electrons. The van der Waals surface area contributed by atoms with Gasteiger partial charge in [-0.3, -0.25) is 0 Å². The van der Waals surface area contributed by atoms with Gasteiger partial charge in [-0.25, -0.2) is 9.18 Å². The van der Waals surface area contributed by atoms with Crippen molar-refractivity contribution >= 4 is 29.0 Å². The molecule has 0 aliphatic heterocycles. The third-order valence-electron chi connectivity index (χ3n) is 2.83. The number of urea groups is 1. The first-order valence-electron chi connectivity index (χ1n) is 6.27. The van der Waals surface area contributed by atoms with E-state index in [4.69, 9.17) is 11.6 Å². The van der Waals surface area contributed by atoms with Crippen LogP contribution in [0.3, 0.4) is 0 Å². The smallest absolute Gasteiger partial charge is 0.323 e. The minimum Gasteiger partial charge on any atom is -0.389 e. The Labute approximate surface area is 126 Å². The van der Waals surface area contributed by atoms with Crippen LogP contribution in [0.25, 0.3) is 0 Å². The molecule has 4 nitrogen and oxygen atoms in total. The fourth-order valence-electron chi connectivity index (χ4n) is 1.71. The zero-order valence-corrected chi connectivity index (χ0v) is 12.0. The molecule has 0 saturated heterocycles. The van der Waals surface area contributed by atoms with Crippen LogP contribution in [0.5, 0.6) is 0 Å². The van der Waals surface area contributed by atoms with Crippen molar-refractivity contribution in [3.8, 4) is 0 Å². The van der Waals surface area contributed by atoms with E-state index in [1.54, 1.807) is 31.2 Å². The lowest BCUT2D eigenvalue weighted by Crippen LogP contribution is -2.19. The molecular weight excluding hydrogens is 295 g/mol. The van der Waals surface area contributed by atoms with Crippen molar-refractivity contribution in [3.05, 3.63) is 58.9 Å². The normalized spacial score (nSPS) is 11.8. The van der Waals surface area contributed by atoms with Crippen LogP contribution in [0.4, 0.5) is 20.6 Å². The molecule has 2 amide bonds. The van der Waals surface area contributed by atoms with Crippen LogP contribution in [0.15, 0.2) is 42.5 Å². The SMILES string of the molecule is CC(O)c1ccc(NC(=O)Nc2ccc(F)c(Cl)c2)cc1. The summed E-state index contributed by atoms with van der Waals surface area (Å²) in [5.41, 5.74) is 1.72. The summed E-state index contributed by atoms with van der Waals surface area (Å²) < 4.78 is 13.0. The molecule has 0 spiro atoms. The van der Waals surface area contributed by atoms with E-state index in [1.807, 2.05) is 0 Å². The van der Waals surface area contributed by atoms with Crippen LogP contribution >= 0.6 is 11.6 Å². The molecule has 0 heterocycles. The minimum absolute atomic E-state index is 0.0610. The number of carbonyl (C=O) groups is 1. The molecule has 1 atom stereocenters. The van der Waals surface area contributed by atoms with Gasteiger partial charge in [0.25, 0.3) is 0 Å². The number of carbonyl (C=O) groups excluding carboxylic acids is 1. The Balaban J connectivity index is 1.99. The summed E-state index contributed by atoms with van der Waals surface area (Å²) in [6.45, 7) is 1.66. The molecule has 2 rings (SSSR count). The van der Waals surface area contributed by atoms with Gasteiger partial charge in [0.2, 0.25) is 0 Å². The third-order valence-corrected chi connectivity index (χ3v) is 3.12. The number of aliphatic hydroxyl groups is 1. The van der Waals surface area contributed by atoms with E-state index in [1.165, 1.54) is 18.2 Å². The number of aliphatic hydroxyl groups excluding tert-OH is 1. The molecular formula is C15H14ClFN2O2. The van der Waals surface area contributed by atoms with Crippen molar-refractivity contribution in [2.24, 2.45) is 0 Å². The highest BCUT2D eigenvalue weighted by molar-refractivity contribution is 6.31. The number of hydrogen-bond acceptors (Lipinski definition) is 2. The first kappa shape index (κ1) is 15.3. The van der Waals surface area contributed by atoms with Gasteiger partial charge in [-0.15, -0.1) is 0 Å². The molecule has 2 aromatic rings. The Morgan fingerprint density at radius 2 is 1.71 bits per heavy atom. The first-order chi connectivity index (χ1) is 9.95. The number of nitrogens with one attached hydrogen (secondary N) is 2. The zero-order chi connectivity index (χ0) is 15.4. The predicted molar refractivity (Wildman–Crippen MR) is 81.1 cm³/mol. The number of anilines is 2. The molecule has 0 aromatic heterocycles. The van der Waals surface area contributed by atoms with Gasteiger partial charge in [0.15, 0.2) is 0 Å². The van der Waals surface area contributed by atoms with Crippen molar-refractivity contribution in [2.45, 2.75) is 13.0 Å². The second kappa shape index (κ2) is 6.56. The number of benzene rings is 2. The average molecular weight is 309 g/mol. The van der Waals surface area contributed by atoms with Crippen LogP contribution in [0.1, 0.15) is 18.6 Å². The largest absolute Gasteiger partial charge is 0.389 e. The maximum atomic E-state index is 13.0. The van der Waals surface area contributed by atoms with Crippen LogP contribution in [0.2, 0.25) is 5.02 Å². The van der Waals surface area contributed by atoms with Crippen LogP contribution in [-0.4, -0.2) is 11.1 Å². The van der Waals surface area contributed by atoms with Crippen molar-refractivity contribution in [1.82, 2.24) is 0 Å². The predicted octanol–water partition coefficient (Wildman–Crippen LogP) is 4.18. The minimum atomic E-state index is -0.561. The summed E-state index contributed by atoms with van der Waals surface area (Å²) in [7, 11) is 0. The maximum absolute atomic E-state index is 13.0. The lowest BCUT2D eigenvalue weighted by molar-refractivity contribution is 0.199. The fraction of sp³-hybridized carbons (Fsp3) is 0.133. The number of amides is 2. The molecule has 1 unspecified atom stereocenters. The Morgan fingerprint density at radius 3 is 2.29 bits per heavy atom. The van der Waals surface area contributed by atoms with Crippen molar-refractivity contribution in [3.63, 3.8) is 0 Å². The highest BCUT2D eigenvalue weighted by Gasteiger charge is 2.06. The fourth-order valence-corrected chi connectivity index (χ4v) is 1.89. The monoisotopic (exact) mass is 308 g/mol. The molecule has 110 valence electrons. The standard InChI is InChI=1S/C15H14ClFN2O2/c1-9(20)10-2-4-11(5-3-10)18-15(21)19-12-6-7-14(17)13(16)8-12/h2-9,20H,1H3,(H2,18,19,21). The van der Waals surface area contributed by atoms with Gasteiger partial charge in [0.1, 0.15) is 5.82 Å². The number of halogens is 2. The number of hydrogen-bond donors (Lipinski definition) is 3. The molecule has 21 heavy (non-hydrogen) atoms. The maximum Gasteiger partial charge on any atom is 0.323 e. The van der Waals surface area contributed by atoms with E-state index in [0.29, 0.717) is 11.4 Å². The lowest BCUT2D eigenvalue weighted by Gasteiger charge is -2.09. The third kappa shape index (κ3) is 4.18. The molecule has 0 aliphatic carbocycles. The summed E-state index contributed by atoms with van der Waals surface area (Å²) in [5, 5.41) is 14.5. The van der Waals surface area contributed by atoms with Crippen LogP contribution < -0.4 is 10.6 Å². The van der Waals surface area contributed by atoms with E-state index in [-0.39, 0.29) is 5.02 Å². The Morgan fingerprint density at radius 1 is 1.14 bits per heavy atom. The topological polar surface area (TPSA) is 61.4 Å². The van der Waals surface area contributed by atoms with E-state index < -0.39 is 18.0 Å². The number of rotatable bonds is 3. The summed E-state index contributed by atoms with van der Waals surface area (Å²) in [6.07, 6.45) is -0.561. The van der Waals surface area contributed by atoms with Crippen LogP contribution in [0, 0.1) is 5.82 Å². The van der Waals surface area contributed by atoms with Gasteiger partial charge < -0.3 is 15.7 Å². The molecule has 2 aromatic carbocycles. The second-order valence-corrected chi connectivity index (χ2v) is 4.91. The highest BCUT2D eigenvalue weighted by atomic mass is 35.5. The van der Waals surface area contributed by atoms with Gasteiger partial charge in [-0.1, -0.05) is 23.7 Å². The van der Waals surface area contributed by atoms with E-state index >= 15 is 0 Å². The van der Waals surface area contributed by atoms with Gasteiger partial charge >= 0.3 is 6.03 Å². The first-order valence-corrected chi connectivity index (χ1v) is 6.64. The van der Waals surface area contributed by atoms with Gasteiger partial charge in [-0.05, 0) is 42.8 Å². The van der Waals surface area contributed by atoms with Gasteiger partial charge in [-0.2, -0.15) is 0 Å². The van der Waals surface area contributed by atoms with Crippen molar-refractivity contribution in [2.75, 3.05) is 10.6 Å². The van der Waals surface area contributed by atoms with Crippen LogP contribution in [-0.2, 0) is 0 Å². The Bertz CT molecular complexity index is 645. The molecule has 3 N–H and O–H groups in total. The zero-order valence-electron chi connectivity index (χ0n) is 11.2. The summed E-state index contributed by atoms with van der Waals surface area (Å²) in [4.78, 5) is 11.8. The van der Waals surface area contributed by atoms with Gasteiger partial charge in [0, 0.05) is 11.4 Å². The Hall–Kier alpha value is -2.11.